The van der Waals surface area contributed by atoms with Crippen LogP contribution in [0.2, 0.25) is 0 Å². The van der Waals surface area contributed by atoms with E-state index < -0.39 is 0 Å². The number of nitriles is 1. The minimum atomic E-state index is 0.421. The molecule has 3 aromatic rings. The minimum absolute atomic E-state index is 0.421. The average Bonchev–Trinajstić information content (AvgIpc) is 3.11. The van der Waals surface area contributed by atoms with Gasteiger partial charge in [-0.15, -0.1) is 11.3 Å². The van der Waals surface area contributed by atoms with E-state index in [4.69, 9.17) is 0 Å². The molecule has 1 aliphatic rings. The molecule has 1 aliphatic heterocycles. The van der Waals surface area contributed by atoms with Crippen molar-refractivity contribution in [3.05, 3.63) is 93.2 Å². The van der Waals surface area contributed by atoms with Crippen molar-refractivity contribution in [1.82, 2.24) is 4.90 Å². The summed E-state index contributed by atoms with van der Waals surface area (Å²) in [6.45, 7) is 2.78. The van der Waals surface area contributed by atoms with E-state index in [0.29, 0.717) is 5.92 Å². The standard InChI is InChI=1S/C21H18N2S/c22-12-17-8-4-5-9-18(17)13-23-14-19-10-11-24-21(19)20(15-23)16-6-2-1-3-7-16/h1-11,20H,13-15H2. The Morgan fingerprint density at radius 2 is 1.83 bits per heavy atom. The van der Waals surface area contributed by atoms with Gasteiger partial charge in [0.05, 0.1) is 11.6 Å². The number of hydrogen-bond donors (Lipinski definition) is 0. The Morgan fingerprint density at radius 3 is 2.67 bits per heavy atom. The second kappa shape index (κ2) is 6.60. The summed E-state index contributed by atoms with van der Waals surface area (Å²) >= 11 is 1.87. The summed E-state index contributed by atoms with van der Waals surface area (Å²) in [4.78, 5) is 3.95. The van der Waals surface area contributed by atoms with E-state index >= 15 is 0 Å². The Balaban J connectivity index is 1.64. The molecule has 1 aromatic heterocycles. The molecule has 24 heavy (non-hydrogen) atoms. The fourth-order valence-corrected chi connectivity index (χ4v) is 4.54. The number of fused-ring (bicyclic) bond motifs is 1. The van der Waals surface area contributed by atoms with Gasteiger partial charge in [-0.05, 0) is 34.2 Å². The third kappa shape index (κ3) is 2.87. The third-order valence-corrected chi connectivity index (χ3v) is 5.74. The zero-order chi connectivity index (χ0) is 16.4. The minimum Gasteiger partial charge on any atom is -0.294 e. The Hall–Kier alpha value is -2.41. The second-order valence-electron chi connectivity index (χ2n) is 6.21. The first-order valence-electron chi connectivity index (χ1n) is 8.16. The summed E-state index contributed by atoms with van der Waals surface area (Å²) < 4.78 is 0. The van der Waals surface area contributed by atoms with E-state index in [-0.39, 0.29) is 0 Å². The molecule has 0 saturated carbocycles. The Bertz CT molecular complexity index is 876. The molecule has 0 radical (unpaired) electrons. The highest BCUT2D eigenvalue weighted by Crippen LogP contribution is 2.37. The van der Waals surface area contributed by atoms with Gasteiger partial charge >= 0.3 is 0 Å². The molecule has 2 heterocycles. The molecule has 1 unspecified atom stereocenters. The average molecular weight is 330 g/mol. The predicted octanol–water partition coefficient (Wildman–Crippen LogP) is 4.77. The molecule has 4 rings (SSSR count). The van der Waals surface area contributed by atoms with Gasteiger partial charge < -0.3 is 0 Å². The molecular formula is C21H18N2S. The van der Waals surface area contributed by atoms with Gasteiger partial charge in [0, 0.05) is 30.4 Å². The van der Waals surface area contributed by atoms with Crippen LogP contribution < -0.4 is 0 Å². The maximum Gasteiger partial charge on any atom is 0.0995 e. The van der Waals surface area contributed by atoms with Crippen molar-refractivity contribution in [2.45, 2.75) is 19.0 Å². The molecule has 118 valence electrons. The van der Waals surface area contributed by atoms with E-state index in [0.717, 1.165) is 30.8 Å². The van der Waals surface area contributed by atoms with E-state index in [1.807, 2.05) is 29.5 Å². The lowest BCUT2D eigenvalue weighted by Gasteiger charge is -2.33. The van der Waals surface area contributed by atoms with Gasteiger partial charge in [-0.25, -0.2) is 0 Å². The van der Waals surface area contributed by atoms with Gasteiger partial charge in [0.2, 0.25) is 0 Å². The van der Waals surface area contributed by atoms with Crippen molar-refractivity contribution in [3.63, 3.8) is 0 Å². The number of hydrogen-bond acceptors (Lipinski definition) is 3. The van der Waals surface area contributed by atoms with Crippen LogP contribution in [0.15, 0.2) is 66.0 Å². The molecule has 0 fully saturated rings. The zero-order valence-corrected chi connectivity index (χ0v) is 14.2. The maximum absolute atomic E-state index is 9.34. The molecule has 1 atom stereocenters. The van der Waals surface area contributed by atoms with Crippen LogP contribution in [-0.4, -0.2) is 11.4 Å². The molecule has 0 saturated heterocycles. The zero-order valence-electron chi connectivity index (χ0n) is 13.4. The fourth-order valence-electron chi connectivity index (χ4n) is 3.50. The van der Waals surface area contributed by atoms with Crippen molar-refractivity contribution in [3.8, 4) is 6.07 Å². The quantitative estimate of drug-likeness (QED) is 0.692. The lowest BCUT2D eigenvalue weighted by molar-refractivity contribution is 0.234. The highest BCUT2D eigenvalue weighted by molar-refractivity contribution is 7.10. The van der Waals surface area contributed by atoms with Crippen LogP contribution in [0.1, 0.15) is 33.0 Å². The van der Waals surface area contributed by atoms with Crippen LogP contribution in [0, 0.1) is 11.3 Å². The van der Waals surface area contributed by atoms with Crippen molar-refractivity contribution < 1.29 is 0 Å². The van der Waals surface area contributed by atoms with Gasteiger partial charge in [0.15, 0.2) is 0 Å². The van der Waals surface area contributed by atoms with Crippen LogP contribution in [0.4, 0.5) is 0 Å². The van der Waals surface area contributed by atoms with Crippen LogP contribution in [0.5, 0.6) is 0 Å². The summed E-state index contributed by atoms with van der Waals surface area (Å²) in [5.74, 6) is 0.421. The van der Waals surface area contributed by atoms with E-state index in [1.165, 1.54) is 16.0 Å². The normalized spacial score (nSPS) is 17.2. The first-order chi connectivity index (χ1) is 11.8. The summed E-state index contributed by atoms with van der Waals surface area (Å²) in [7, 11) is 0. The predicted molar refractivity (Wildman–Crippen MR) is 97.9 cm³/mol. The van der Waals surface area contributed by atoms with Gasteiger partial charge in [-0.3, -0.25) is 4.90 Å². The van der Waals surface area contributed by atoms with Gasteiger partial charge in [0.1, 0.15) is 0 Å². The summed E-state index contributed by atoms with van der Waals surface area (Å²) in [6, 6.07) is 23.2. The highest BCUT2D eigenvalue weighted by atomic mass is 32.1. The molecule has 0 amide bonds. The number of rotatable bonds is 3. The maximum atomic E-state index is 9.34. The molecule has 0 bridgehead atoms. The summed E-state index contributed by atoms with van der Waals surface area (Å²) in [5, 5.41) is 11.5. The molecule has 0 aliphatic carbocycles. The molecule has 3 heteroatoms. The first kappa shape index (κ1) is 15.1. The smallest absolute Gasteiger partial charge is 0.0995 e. The topological polar surface area (TPSA) is 27.0 Å². The molecule has 0 spiro atoms. The molecule has 2 aromatic carbocycles. The largest absolute Gasteiger partial charge is 0.294 e. The number of nitrogens with zero attached hydrogens (tertiary/aromatic N) is 2. The molecule has 2 nitrogen and oxygen atoms in total. The summed E-state index contributed by atoms with van der Waals surface area (Å²) in [5.41, 5.74) is 4.70. The fraction of sp³-hybridized carbons (Fsp3) is 0.190. The number of thiophene rings is 1. The Morgan fingerprint density at radius 1 is 1.04 bits per heavy atom. The van der Waals surface area contributed by atoms with Crippen LogP contribution in [-0.2, 0) is 13.1 Å². The van der Waals surface area contributed by atoms with Gasteiger partial charge in [-0.1, -0.05) is 48.5 Å². The lowest BCUT2D eigenvalue weighted by atomic mass is 9.91. The van der Waals surface area contributed by atoms with Crippen molar-refractivity contribution in [2.75, 3.05) is 6.54 Å². The van der Waals surface area contributed by atoms with E-state index in [9.17, 15) is 5.26 Å². The van der Waals surface area contributed by atoms with Crippen molar-refractivity contribution >= 4 is 11.3 Å². The summed E-state index contributed by atoms with van der Waals surface area (Å²) in [6.07, 6.45) is 0. The third-order valence-electron chi connectivity index (χ3n) is 4.67. The van der Waals surface area contributed by atoms with Gasteiger partial charge in [0.25, 0.3) is 0 Å². The van der Waals surface area contributed by atoms with Crippen LogP contribution in [0.25, 0.3) is 0 Å². The highest BCUT2D eigenvalue weighted by Gasteiger charge is 2.27. The lowest BCUT2D eigenvalue weighted by Crippen LogP contribution is -2.33. The van der Waals surface area contributed by atoms with Crippen molar-refractivity contribution in [2.24, 2.45) is 0 Å². The Kier molecular flexibility index (Phi) is 4.17. The molecular weight excluding hydrogens is 312 g/mol. The molecule has 0 N–H and O–H groups in total. The Labute approximate surface area is 146 Å². The SMILES string of the molecule is N#Cc1ccccc1CN1Cc2ccsc2C(c2ccccc2)C1. The van der Waals surface area contributed by atoms with Crippen LogP contribution >= 0.6 is 11.3 Å². The van der Waals surface area contributed by atoms with E-state index in [1.54, 1.807) is 0 Å². The van der Waals surface area contributed by atoms with Crippen molar-refractivity contribution in [1.29, 1.82) is 5.26 Å². The van der Waals surface area contributed by atoms with E-state index in [2.05, 4.69) is 58.8 Å². The number of benzene rings is 2. The second-order valence-corrected chi connectivity index (χ2v) is 7.16. The van der Waals surface area contributed by atoms with Crippen LogP contribution in [0.3, 0.4) is 0 Å². The monoisotopic (exact) mass is 330 g/mol. The van der Waals surface area contributed by atoms with Gasteiger partial charge in [-0.2, -0.15) is 5.26 Å². The first-order valence-corrected chi connectivity index (χ1v) is 9.04.